The summed E-state index contributed by atoms with van der Waals surface area (Å²) >= 11 is 0. The fraction of sp³-hybridized carbons (Fsp3) is 0.391. The number of aromatic nitrogens is 3. The molecule has 0 spiro atoms. The molecule has 172 valence electrons. The van der Waals surface area contributed by atoms with Crippen molar-refractivity contribution in [1.82, 2.24) is 20.3 Å². The summed E-state index contributed by atoms with van der Waals surface area (Å²) in [5, 5.41) is 16.5. The number of morpholine rings is 2. The number of fused-ring (bicyclic) bond motifs is 1. The normalized spacial score (nSPS) is 18.4. The summed E-state index contributed by atoms with van der Waals surface area (Å²) in [5.74, 6) is 0.663. The minimum Gasteiger partial charge on any atom is -0.378 e. The van der Waals surface area contributed by atoms with E-state index in [9.17, 15) is 5.26 Å². The summed E-state index contributed by atoms with van der Waals surface area (Å²) in [7, 11) is 0. The lowest BCUT2D eigenvalue weighted by atomic mass is 10.0. The summed E-state index contributed by atoms with van der Waals surface area (Å²) in [6.45, 7) is 5.90. The van der Waals surface area contributed by atoms with Crippen LogP contribution in [0.4, 0.5) is 11.5 Å². The zero-order chi connectivity index (χ0) is 21.8. The summed E-state index contributed by atoms with van der Waals surface area (Å²) < 4.78 is 11.2. The molecular weight excluding hydrogens is 438 g/mol. The van der Waals surface area contributed by atoms with Gasteiger partial charge >= 0.3 is 0 Å². The maximum Gasteiger partial charge on any atom is 0.154 e. The first-order valence-electron chi connectivity index (χ1n) is 10.9. The molecule has 5 rings (SSSR count). The number of ether oxygens (including phenoxy) is 2. The molecule has 0 amide bonds. The average molecular weight is 466 g/mol. The third-order valence-electron chi connectivity index (χ3n) is 5.72. The van der Waals surface area contributed by atoms with E-state index in [0.717, 1.165) is 48.6 Å². The van der Waals surface area contributed by atoms with E-state index in [1.807, 2.05) is 24.3 Å². The third kappa shape index (κ3) is 5.17. The van der Waals surface area contributed by atoms with Gasteiger partial charge in [-0.05, 0) is 18.2 Å². The number of nitrogens with one attached hydrogen (secondary N) is 2. The van der Waals surface area contributed by atoms with E-state index in [2.05, 4.69) is 31.6 Å². The van der Waals surface area contributed by atoms with Crippen LogP contribution in [0.25, 0.3) is 22.3 Å². The Hall–Kier alpha value is -2.97. The van der Waals surface area contributed by atoms with Crippen LogP contribution in [0, 0.1) is 11.3 Å². The number of hydrogen-bond donors (Lipinski definition) is 2. The molecule has 33 heavy (non-hydrogen) atoms. The van der Waals surface area contributed by atoms with Crippen molar-refractivity contribution in [3.05, 3.63) is 42.2 Å². The number of rotatable bonds is 5. The molecule has 2 aromatic heterocycles. The molecule has 0 radical (unpaired) electrons. The van der Waals surface area contributed by atoms with Gasteiger partial charge in [0.15, 0.2) is 5.82 Å². The van der Waals surface area contributed by atoms with Gasteiger partial charge in [0.1, 0.15) is 11.6 Å². The lowest BCUT2D eigenvalue weighted by Gasteiger charge is -2.29. The van der Waals surface area contributed by atoms with Crippen LogP contribution in [-0.2, 0) is 9.47 Å². The smallest absolute Gasteiger partial charge is 0.154 e. The molecule has 10 heteroatoms. The molecule has 1 atom stereocenters. The molecule has 9 nitrogen and oxygen atoms in total. The van der Waals surface area contributed by atoms with Gasteiger partial charge in [0.2, 0.25) is 0 Å². The highest BCUT2D eigenvalue weighted by molar-refractivity contribution is 7.59. The minimum absolute atomic E-state index is 0. The standard InChI is InChI=1S/C23H25N7O2.H2S/c24-13-17-11-16(1-2-21(17)30-6-9-31-10-7-30)19-12-20-22(27-4-3-26-20)23(29-19)28-15-18-14-25-5-8-32-18;/h1-4,11-12,18,25H,5-10,14-15H2,(H,28,29);1H2/t18-;/m0./s1. The van der Waals surface area contributed by atoms with Crippen LogP contribution in [0.2, 0.25) is 0 Å². The SMILES string of the molecule is N#Cc1cc(-c2cc3nccnc3c(NC[C@@H]3CNCCO3)n2)ccc1N1CCOCC1.S. The van der Waals surface area contributed by atoms with Crippen molar-refractivity contribution in [2.75, 3.05) is 62.8 Å². The Morgan fingerprint density at radius 1 is 1.15 bits per heavy atom. The number of nitriles is 1. The summed E-state index contributed by atoms with van der Waals surface area (Å²) in [4.78, 5) is 16.0. The highest BCUT2D eigenvalue weighted by Gasteiger charge is 2.18. The van der Waals surface area contributed by atoms with E-state index in [4.69, 9.17) is 14.5 Å². The first kappa shape index (κ1) is 23.2. The Kier molecular flexibility index (Phi) is 7.57. The van der Waals surface area contributed by atoms with Gasteiger partial charge < -0.3 is 25.0 Å². The van der Waals surface area contributed by atoms with Crippen molar-refractivity contribution in [3.63, 3.8) is 0 Å². The van der Waals surface area contributed by atoms with E-state index in [1.165, 1.54) is 0 Å². The van der Waals surface area contributed by atoms with Gasteiger partial charge in [-0.2, -0.15) is 18.8 Å². The predicted octanol–water partition coefficient (Wildman–Crippen LogP) is 1.91. The first-order valence-corrected chi connectivity index (χ1v) is 10.9. The Labute approximate surface area is 199 Å². The van der Waals surface area contributed by atoms with Crippen molar-refractivity contribution in [2.24, 2.45) is 0 Å². The Bertz CT molecular complexity index is 1140. The van der Waals surface area contributed by atoms with Gasteiger partial charge in [-0.25, -0.2) is 9.97 Å². The molecule has 0 saturated carbocycles. The van der Waals surface area contributed by atoms with Crippen LogP contribution in [-0.4, -0.2) is 73.6 Å². The van der Waals surface area contributed by atoms with E-state index >= 15 is 0 Å². The zero-order valence-corrected chi connectivity index (χ0v) is 19.3. The summed E-state index contributed by atoms with van der Waals surface area (Å²) in [6.07, 6.45) is 3.41. The molecule has 2 N–H and O–H groups in total. The molecule has 4 heterocycles. The minimum atomic E-state index is 0. The van der Waals surface area contributed by atoms with Crippen molar-refractivity contribution in [1.29, 1.82) is 5.26 Å². The monoisotopic (exact) mass is 465 g/mol. The number of benzene rings is 1. The molecule has 2 aliphatic heterocycles. The third-order valence-corrected chi connectivity index (χ3v) is 5.72. The second kappa shape index (κ2) is 10.8. The van der Waals surface area contributed by atoms with Gasteiger partial charge in [0.05, 0.1) is 48.4 Å². The first-order chi connectivity index (χ1) is 15.8. The molecule has 0 unspecified atom stereocenters. The van der Waals surface area contributed by atoms with E-state index in [0.29, 0.717) is 43.3 Å². The van der Waals surface area contributed by atoms with Crippen molar-refractivity contribution in [3.8, 4) is 17.3 Å². The lowest BCUT2D eigenvalue weighted by molar-refractivity contribution is 0.0372. The fourth-order valence-electron chi connectivity index (χ4n) is 4.07. The number of pyridine rings is 1. The maximum absolute atomic E-state index is 9.79. The fourth-order valence-corrected chi connectivity index (χ4v) is 4.07. The van der Waals surface area contributed by atoms with E-state index in [1.54, 1.807) is 12.4 Å². The summed E-state index contributed by atoms with van der Waals surface area (Å²) in [5.41, 5.74) is 4.63. The maximum atomic E-state index is 9.79. The quantitative estimate of drug-likeness (QED) is 0.584. The van der Waals surface area contributed by atoms with Crippen molar-refractivity contribution < 1.29 is 9.47 Å². The van der Waals surface area contributed by atoms with E-state index in [-0.39, 0.29) is 19.6 Å². The van der Waals surface area contributed by atoms with Crippen LogP contribution in [0.3, 0.4) is 0 Å². The average Bonchev–Trinajstić information content (AvgIpc) is 2.88. The van der Waals surface area contributed by atoms with Crippen LogP contribution in [0.1, 0.15) is 5.56 Å². The molecule has 2 saturated heterocycles. The second-order valence-corrected chi connectivity index (χ2v) is 7.80. The Morgan fingerprint density at radius 2 is 2.00 bits per heavy atom. The number of anilines is 2. The van der Waals surface area contributed by atoms with Gasteiger partial charge in [-0.1, -0.05) is 6.07 Å². The highest BCUT2D eigenvalue weighted by Crippen LogP contribution is 2.30. The lowest BCUT2D eigenvalue weighted by Crippen LogP contribution is -2.42. The van der Waals surface area contributed by atoms with Gasteiger partial charge in [0, 0.05) is 50.7 Å². The molecule has 0 bridgehead atoms. The highest BCUT2D eigenvalue weighted by atomic mass is 32.1. The number of nitrogens with zero attached hydrogens (tertiary/aromatic N) is 5. The topological polar surface area (TPSA) is 108 Å². The van der Waals surface area contributed by atoms with Gasteiger partial charge in [-0.3, -0.25) is 4.98 Å². The second-order valence-electron chi connectivity index (χ2n) is 7.80. The Morgan fingerprint density at radius 3 is 2.79 bits per heavy atom. The van der Waals surface area contributed by atoms with E-state index < -0.39 is 0 Å². The van der Waals surface area contributed by atoms with Gasteiger partial charge in [0.25, 0.3) is 0 Å². The number of hydrogen-bond acceptors (Lipinski definition) is 9. The molecule has 2 aliphatic rings. The van der Waals surface area contributed by atoms with Crippen LogP contribution >= 0.6 is 13.5 Å². The molecule has 2 fully saturated rings. The Balaban J connectivity index is 0.00000259. The molecular formula is C23H27N7O2S. The zero-order valence-electron chi connectivity index (χ0n) is 18.3. The molecule has 1 aromatic carbocycles. The van der Waals surface area contributed by atoms with Crippen molar-refractivity contribution in [2.45, 2.75) is 6.10 Å². The van der Waals surface area contributed by atoms with Crippen LogP contribution in [0.15, 0.2) is 36.7 Å². The van der Waals surface area contributed by atoms with Crippen molar-refractivity contribution >= 4 is 36.0 Å². The van der Waals surface area contributed by atoms with Crippen LogP contribution in [0.5, 0.6) is 0 Å². The molecule has 3 aromatic rings. The van der Waals surface area contributed by atoms with Crippen LogP contribution < -0.4 is 15.5 Å². The largest absolute Gasteiger partial charge is 0.378 e. The van der Waals surface area contributed by atoms with Gasteiger partial charge in [-0.15, -0.1) is 0 Å². The molecule has 0 aliphatic carbocycles. The summed E-state index contributed by atoms with van der Waals surface area (Å²) in [6, 6.07) is 10.2. The predicted molar refractivity (Wildman–Crippen MR) is 132 cm³/mol.